The molecule has 3 N–H and O–H groups in total. The van der Waals surface area contributed by atoms with Crippen LogP contribution in [0.5, 0.6) is 0 Å². The van der Waals surface area contributed by atoms with Crippen LogP contribution >= 0.6 is 0 Å². The normalized spacial score (nSPS) is 11.4. The molecule has 1 rings (SSSR count). The van der Waals surface area contributed by atoms with Gasteiger partial charge >= 0.3 is 0 Å². The summed E-state index contributed by atoms with van der Waals surface area (Å²) in [7, 11) is 0. The Morgan fingerprint density at radius 3 is 2.79 bits per heavy atom. The minimum atomic E-state index is -0.0637. The molecule has 1 aromatic rings. The summed E-state index contributed by atoms with van der Waals surface area (Å²) in [5.41, 5.74) is 5.81. The average molecular weight is 193 g/mol. The highest BCUT2D eigenvalue weighted by molar-refractivity contribution is 5.32. The maximum Gasteiger partial charge on any atom is 0.125 e. The highest BCUT2D eigenvalue weighted by Gasteiger charge is 2.08. The van der Waals surface area contributed by atoms with Crippen molar-refractivity contribution in [1.29, 1.82) is 0 Å². The van der Waals surface area contributed by atoms with Crippen LogP contribution in [0, 0.1) is 0 Å². The summed E-state index contributed by atoms with van der Waals surface area (Å²) in [6.07, 6.45) is 3.88. The van der Waals surface area contributed by atoms with E-state index in [4.69, 9.17) is 5.73 Å². The van der Waals surface area contributed by atoms with Crippen molar-refractivity contribution in [2.45, 2.75) is 32.2 Å². The molecule has 0 atom stereocenters. The van der Waals surface area contributed by atoms with Crippen molar-refractivity contribution in [3.63, 3.8) is 0 Å². The molecular weight excluding hydrogens is 174 g/mol. The highest BCUT2D eigenvalue weighted by atomic mass is 15.0. The summed E-state index contributed by atoms with van der Waals surface area (Å²) in [5, 5.41) is 3.25. The lowest BCUT2D eigenvalue weighted by Crippen LogP contribution is -2.32. The monoisotopic (exact) mass is 193 g/mol. The van der Waals surface area contributed by atoms with Gasteiger partial charge in [0, 0.05) is 18.3 Å². The average Bonchev–Trinajstić information content (AvgIpc) is 2.13. The molecule has 0 bridgehead atoms. The molecule has 0 aromatic carbocycles. The Labute approximate surface area is 85.7 Å². The molecule has 0 aliphatic carbocycles. The van der Waals surface area contributed by atoms with Crippen molar-refractivity contribution < 1.29 is 0 Å². The third-order valence-corrected chi connectivity index (χ3v) is 1.97. The van der Waals surface area contributed by atoms with E-state index in [1.54, 1.807) is 6.20 Å². The van der Waals surface area contributed by atoms with Gasteiger partial charge in [-0.3, -0.25) is 0 Å². The summed E-state index contributed by atoms with van der Waals surface area (Å²) in [6.45, 7) is 5.03. The smallest absolute Gasteiger partial charge is 0.125 e. The SMILES string of the molecule is CC(C)(N)CCCNc1ccccn1. The maximum atomic E-state index is 5.87. The first-order valence-electron chi connectivity index (χ1n) is 5.02. The Bertz CT molecular complexity index is 251. The number of nitrogens with one attached hydrogen (secondary N) is 1. The first-order chi connectivity index (χ1) is 6.58. The van der Waals surface area contributed by atoms with Gasteiger partial charge in [-0.2, -0.15) is 0 Å². The molecule has 0 spiro atoms. The Morgan fingerprint density at radius 1 is 1.43 bits per heavy atom. The van der Waals surface area contributed by atoms with Gasteiger partial charge in [0.05, 0.1) is 0 Å². The number of anilines is 1. The fraction of sp³-hybridized carbons (Fsp3) is 0.545. The van der Waals surface area contributed by atoms with Gasteiger partial charge in [0.1, 0.15) is 5.82 Å². The maximum absolute atomic E-state index is 5.87. The van der Waals surface area contributed by atoms with Crippen LogP contribution in [0.15, 0.2) is 24.4 Å². The molecule has 3 heteroatoms. The van der Waals surface area contributed by atoms with E-state index in [-0.39, 0.29) is 5.54 Å². The second kappa shape index (κ2) is 4.96. The Hall–Kier alpha value is -1.09. The van der Waals surface area contributed by atoms with Crippen molar-refractivity contribution in [1.82, 2.24) is 4.98 Å². The zero-order valence-electron chi connectivity index (χ0n) is 8.96. The van der Waals surface area contributed by atoms with E-state index in [0.717, 1.165) is 25.2 Å². The fourth-order valence-corrected chi connectivity index (χ4v) is 1.23. The predicted octanol–water partition coefficient (Wildman–Crippen LogP) is 2.01. The minimum Gasteiger partial charge on any atom is -0.370 e. The van der Waals surface area contributed by atoms with Crippen LogP contribution in [0.3, 0.4) is 0 Å². The van der Waals surface area contributed by atoms with Crippen LogP contribution < -0.4 is 11.1 Å². The van der Waals surface area contributed by atoms with Crippen molar-refractivity contribution in [3.05, 3.63) is 24.4 Å². The lowest BCUT2D eigenvalue weighted by atomic mass is 10.0. The molecule has 0 amide bonds. The lowest BCUT2D eigenvalue weighted by molar-refractivity contribution is 0.465. The van der Waals surface area contributed by atoms with E-state index in [1.807, 2.05) is 32.0 Å². The van der Waals surface area contributed by atoms with Crippen LogP contribution in [-0.4, -0.2) is 17.1 Å². The van der Waals surface area contributed by atoms with Gasteiger partial charge in [-0.15, -0.1) is 0 Å². The van der Waals surface area contributed by atoms with Gasteiger partial charge in [0.25, 0.3) is 0 Å². The van der Waals surface area contributed by atoms with Crippen LogP contribution in [0.25, 0.3) is 0 Å². The van der Waals surface area contributed by atoms with E-state index < -0.39 is 0 Å². The van der Waals surface area contributed by atoms with Crippen LogP contribution in [-0.2, 0) is 0 Å². The molecule has 1 heterocycles. The lowest BCUT2D eigenvalue weighted by Gasteiger charge is -2.17. The van der Waals surface area contributed by atoms with Crippen LogP contribution in [0.4, 0.5) is 5.82 Å². The topological polar surface area (TPSA) is 50.9 Å². The molecule has 0 unspecified atom stereocenters. The van der Waals surface area contributed by atoms with Crippen molar-refractivity contribution in [2.24, 2.45) is 5.73 Å². The van der Waals surface area contributed by atoms with Gasteiger partial charge in [-0.25, -0.2) is 4.98 Å². The first-order valence-corrected chi connectivity index (χ1v) is 5.02. The van der Waals surface area contributed by atoms with Gasteiger partial charge in [0.2, 0.25) is 0 Å². The first kappa shape index (κ1) is 11.0. The standard InChI is InChI=1S/C11H19N3/c1-11(2,12)7-5-9-14-10-6-3-4-8-13-10/h3-4,6,8H,5,7,9,12H2,1-2H3,(H,13,14). The zero-order chi connectivity index (χ0) is 10.4. The minimum absolute atomic E-state index is 0.0637. The summed E-state index contributed by atoms with van der Waals surface area (Å²) in [6, 6.07) is 5.85. The summed E-state index contributed by atoms with van der Waals surface area (Å²) in [4.78, 5) is 4.17. The Balaban J connectivity index is 2.17. The second-order valence-corrected chi connectivity index (χ2v) is 4.23. The molecular formula is C11H19N3. The summed E-state index contributed by atoms with van der Waals surface area (Å²) in [5.74, 6) is 0.933. The number of nitrogens with two attached hydrogens (primary N) is 1. The molecule has 0 aliphatic heterocycles. The third-order valence-electron chi connectivity index (χ3n) is 1.97. The number of pyridine rings is 1. The summed E-state index contributed by atoms with van der Waals surface area (Å²) >= 11 is 0. The van der Waals surface area contributed by atoms with E-state index >= 15 is 0 Å². The van der Waals surface area contributed by atoms with Crippen molar-refractivity contribution in [3.8, 4) is 0 Å². The molecule has 14 heavy (non-hydrogen) atoms. The quantitative estimate of drug-likeness (QED) is 0.703. The number of aromatic nitrogens is 1. The zero-order valence-corrected chi connectivity index (χ0v) is 8.96. The predicted molar refractivity (Wildman–Crippen MR) is 60.2 cm³/mol. The molecule has 78 valence electrons. The number of nitrogens with zero attached hydrogens (tertiary/aromatic N) is 1. The molecule has 1 aromatic heterocycles. The molecule has 0 saturated carbocycles. The molecule has 0 saturated heterocycles. The van der Waals surface area contributed by atoms with Gasteiger partial charge < -0.3 is 11.1 Å². The molecule has 3 nitrogen and oxygen atoms in total. The molecule has 0 radical (unpaired) electrons. The number of rotatable bonds is 5. The highest BCUT2D eigenvalue weighted by Crippen LogP contribution is 2.07. The van der Waals surface area contributed by atoms with Crippen LogP contribution in [0.2, 0.25) is 0 Å². The molecule has 0 fully saturated rings. The van der Waals surface area contributed by atoms with E-state index in [2.05, 4.69) is 10.3 Å². The third kappa shape index (κ3) is 4.82. The van der Waals surface area contributed by atoms with E-state index in [1.165, 1.54) is 0 Å². The van der Waals surface area contributed by atoms with Gasteiger partial charge in [-0.1, -0.05) is 6.07 Å². The van der Waals surface area contributed by atoms with Crippen molar-refractivity contribution >= 4 is 5.82 Å². The largest absolute Gasteiger partial charge is 0.370 e. The molecule has 0 aliphatic rings. The Kier molecular flexibility index (Phi) is 3.89. The van der Waals surface area contributed by atoms with Crippen molar-refractivity contribution in [2.75, 3.05) is 11.9 Å². The van der Waals surface area contributed by atoms with Gasteiger partial charge in [0.15, 0.2) is 0 Å². The van der Waals surface area contributed by atoms with Gasteiger partial charge in [-0.05, 0) is 38.8 Å². The fourth-order valence-electron chi connectivity index (χ4n) is 1.23. The van der Waals surface area contributed by atoms with E-state index in [9.17, 15) is 0 Å². The number of hydrogen-bond acceptors (Lipinski definition) is 3. The second-order valence-electron chi connectivity index (χ2n) is 4.23. The number of hydrogen-bond donors (Lipinski definition) is 2. The Morgan fingerprint density at radius 2 is 2.21 bits per heavy atom. The van der Waals surface area contributed by atoms with E-state index in [0.29, 0.717) is 0 Å². The summed E-state index contributed by atoms with van der Waals surface area (Å²) < 4.78 is 0. The van der Waals surface area contributed by atoms with Crippen LogP contribution in [0.1, 0.15) is 26.7 Å².